The second kappa shape index (κ2) is 3.37. The van der Waals surface area contributed by atoms with Gasteiger partial charge in [-0.15, -0.1) is 0 Å². The number of rotatable bonds is 1. The van der Waals surface area contributed by atoms with Crippen molar-refractivity contribution in [1.82, 2.24) is 0 Å². The van der Waals surface area contributed by atoms with Gasteiger partial charge in [0.25, 0.3) is 0 Å². The van der Waals surface area contributed by atoms with E-state index in [0.717, 1.165) is 35.2 Å². The van der Waals surface area contributed by atoms with Gasteiger partial charge >= 0.3 is 0 Å². The number of nitriles is 1. The van der Waals surface area contributed by atoms with E-state index in [9.17, 15) is 0 Å². The molecule has 0 heterocycles. The average molecular weight is 201 g/mol. The summed E-state index contributed by atoms with van der Waals surface area (Å²) in [5.41, 5.74) is 0.937. The zero-order valence-electron chi connectivity index (χ0n) is 9.45. The van der Waals surface area contributed by atoms with Crippen molar-refractivity contribution >= 4 is 0 Å². The van der Waals surface area contributed by atoms with Crippen LogP contribution in [0, 0.1) is 40.9 Å². The van der Waals surface area contributed by atoms with Gasteiger partial charge in [0, 0.05) is 5.57 Å². The van der Waals surface area contributed by atoms with Gasteiger partial charge in [-0.1, -0.05) is 6.08 Å². The van der Waals surface area contributed by atoms with Crippen LogP contribution in [-0.2, 0) is 0 Å². The van der Waals surface area contributed by atoms with Crippen LogP contribution in [0.15, 0.2) is 11.6 Å². The molecular formula is C14H19N. The van der Waals surface area contributed by atoms with Crippen LogP contribution < -0.4 is 0 Å². The molecule has 4 aliphatic rings. The first-order valence-electron chi connectivity index (χ1n) is 6.34. The predicted octanol–water partition coefficient (Wildman–Crippen LogP) is 3.53. The molecule has 0 N–H and O–H groups in total. The Bertz CT molecular complexity index is 306. The van der Waals surface area contributed by atoms with Crippen LogP contribution in [0.5, 0.6) is 0 Å². The highest BCUT2D eigenvalue weighted by Crippen LogP contribution is 2.56. The topological polar surface area (TPSA) is 23.8 Å². The molecule has 0 saturated heterocycles. The van der Waals surface area contributed by atoms with Gasteiger partial charge in [-0.25, -0.2) is 0 Å². The van der Waals surface area contributed by atoms with Crippen molar-refractivity contribution < 1.29 is 0 Å². The lowest BCUT2D eigenvalue weighted by molar-refractivity contribution is -0.0163. The van der Waals surface area contributed by atoms with Crippen LogP contribution in [0.4, 0.5) is 0 Å². The van der Waals surface area contributed by atoms with Crippen LogP contribution in [-0.4, -0.2) is 0 Å². The van der Waals surface area contributed by atoms with Gasteiger partial charge in [0.05, 0.1) is 6.07 Å². The first-order valence-corrected chi connectivity index (χ1v) is 6.34. The molecule has 4 fully saturated rings. The number of allylic oxidation sites excluding steroid dienone is 2. The molecule has 0 radical (unpaired) electrons. The smallest absolute Gasteiger partial charge is 0.0940 e. The van der Waals surface area contributed by atoms with Gasteiger partial charge in [0.15, 0.2) is 0 Å². The zero-order valence-corrected chi connectivity index (χ0v) is 9.45. The Labute approximate surface area is 92.2 Å². The summed E-state index contributed by atoms with van der Waals surface area (Å²) in [5, 5.41) is 8.87. The SMILES string of the molecule is C/C(C#N)=C\C1C2CC3CC(C2)CC1C3. The third kappa shape index (κ3) is 1.51. The van der Waals surface area contributed by atoms with Gasteiger partial charge in [0.2, 0.25) is 0 Å². The van der Waals surface area contributed by atoms with E-state index < -0.39 is 0 Å². The van der Waals surface area contributed by atoms with Crippen LogP contribution in [0.3, 0.4) is 0 Å². The first-order chi connectivity index (χ1) is 7.26. The molecule has 80 valence electrons. The van der Waals surface area contributed by atoms with Gasteiger partial charge in [0.1, 0.15) is 0 Å². The molecule has 0 atom stereocenters. The Morgan fingerprint density at radius 3 is 2.07 bits per heavy atom. The standard InChI is InChI=1S/C14H19N/c1-9(8-15)2-14-12-4-10-3-11(6-12)7-13(14)5-10/h2,10-14H,3-7H2,1H3/b9-2+. The molecule has 0 spiro atoms. The Kier molecular flexibility index (Phi) is 2.12. The molecule has 1 nitrogen and oxygen atoms in total. The van der Waals surface area contributed by atoms with Gasteiger partial charge < -0.3 is 0 Å². The maximum atomic E-state index is 8.87. The van der Waals surface area contributed by atoms with E-state index >= 15 is 0 Å². The molecule has 0 aliphatic heterocycles. The zero-order chi connectivity index (χ0) is 10.4. The normalized spacial score (nSPS) is 48.0. The fourth-order valence-corrected chi connectivity index (χ4v) is 4.57. The van der Waals surface area contributed by atoms with E-state index in [1.807, 2.05) is 6.92 Å². The summed E-state index contributed by atoms with van der Waals surface area (Å²) in [6.45, 7) is 1.96. The number of nitrogens with zero attached hydrogens (tertiary/aromatic N) is 1. The monoisotopic (exact) mass is 201 g/mol. The lowest BCUT2D eigenvalue weighted by Gasteiger charge is -2.53. The Morgan fingerprint density at radius 2 is 1.60 bits per heavy atom. The van der Waals surface area contributed by atoms with Crippen LogP contribution in [0.1, 0.15) is 39.0 Å². The van der Waals surface area contributed by atoms with Crippen LogP contribution >= 0.6 is 0 Å². The number of hydrogen-bond acceptors (Lipinski definition) is 1. The van der Waals surface area contributed by atoms with Crippen molar-refractivity contribution in [3.05, 3.63) is 11.6 Å². The fourth-order valence-electron chi connectivity index (χ4n) is 4.57. The lowest BCUT2D eigenvalue weighted by Crippen LogP contribution is -2.44. The van der Waals surface area contributed by atoms with Crippen molar-refractivity contribution in [2.75, 3.05) is 0 Å². The Balaban J connectivity index is 1.84. The quantitative estimate of drug-likeness (QED) is 0.595. The van der Waals surface area contributed by atoms with Crippen LogP contribution in [0.2, 0.25) is 0 Å². The van der Waals surface area contributed by atoms with Crippen molar-refractivity contribution in [2.24, 2.45) is 29.6 Å². The maximum Gasteiger partial charge on any atom is 0.0940 e. The van der Waals surface area contributed by atoms with E-state index in [2.05, 4.69) is 12.1 Å². The second-order valence-electron chi connectivity index (χ2n) is 5.97. The summed E-state index contributed by atoms with van der Waals surface area (Å²) < 4.78 is 0. The Hall–Kier alpha value is -0.770. The molecule has 4 saturated carbocycles. The van der Waals surface area contributed by atoms with Gasteiger partial charge in [-0.05, 0) is 68.6 Å². The lowest BCUT2D eigenvalue weighted by atomic mass is 9.52. The summed E-state index contributed by atoms with van der Waals surface area (Å²) in [6.07, 6.45) is 9.60. The highest BCUT2D eigenvalue weighted by Gasteiger charge is 2.47. The largest absolute Gasteiger partial charge is 0.193 e. The third-order valence-corrected chi connectivity index (χ3v) is 4.92. The molecule has 0 aromatic carbocycles. The van der Waals surface area contributed by atoms with Crippen LogP contribution in [0.25, 0.3) is 0 Å². The van der Waals surface area contributed by atoms with Crippen molar-refractivity contribution in [1.29, 1.82) is 5.26 Å². The molecule has 0 aromatic heterocycles. The van der Waals surface area contributed by atoms with E-state index in [0.29, 0.717) is 0 Å². The minimum atomic E-state index is 0.748. The van der Waals surface area contributed by atoms with E-state index in [1.54, 1.807) is 0 Å². The minimum Gasteiger partial charge on any atom is -0.193 e. The first kappa shape index (κ1) is 9.46. The molecule has 1 heteroatoms. The molecule has 0 aromatic rings. The summed E-state index contributed by atoms with van der Waals surface area (Å²) in [4.78, 5) is 0. The summed E-state index contributed by atoms with van der Waals surface area (Å²) >= 11 is 0. The Morgan fingerprint density at radius 1 is 1.07 bits per heavy atom. The molecule has 4 aliphatic carbocycles. The highest BCUT2D eigenvalue weighted by molar-refractivity contribution is 5.20. The molecule has 15 heavy (non-hydrogen) atoms. The van der Waals surface area contributed by atoms with E-state index in [1.165, 1.54) is 32.1 Å². The maximum absolute atomic E-state index is 8.87. The van der Waals surface area contributed by atoms with Crippen molar-refractivity contribution in [3.8, 4) is 6.07 Å². The average Bonchev–Trinajstić information content (AvgIpc) is 2.22. The summed E-state index contributed by atoms with van der Waals surface area (Å²) in [7, 11) is 0. The number of hydrogen-bond donors (Lipinski definition) is 0. The van der Waals surface area contributed by atoms with Crippen molar-refractivity contribution in [3.63, 3.8) is 0 Å². The minimum absolute atomic E-state index is 0.748. The molecular weight excluding hydrogens is 182 g/mol. The summed E-state index contributed by atoms with van der Waals surface area (Å²) in [5.74, 6) is 4.67. The van der Waals surface area contributed by atoms with Gasteiger partial charge in [-0.2, -0.15) is 5.26 Å². The molecule has 0 unspecified atom stereocenters. The van der Waals surface area contributed by atoms with E-state index in [4.69, 9.17) is 5.26 Å². The van der Waals surface area contributed by atoms with Crippen molar-refractivity contribution in [2.45, 2.75) is 39.0 Å². The molecule has 4 bridgehead atoms. The van der Waals surface area contributed by atoms with Gasteiger partial charge in [-0.3, -0.25) is 0 Å². The predicted molar refractivity (Wildman–Crippen MR) is 59.9 cm³/mol. The molecule has 0 amide bonds. The highest BCUT2D eigenvalue weighted by atomic mass is 14.5. The second-order valence-corrected chi connectivity index (χ2v) is 5.97. The van der Waals surface area contributed by atoms with E-state index in [-0.39, 0.29) is 0 Å². The third-order valence-electron chi connectivity index (χ3n) is 4.92. The molecule has 4 rings (SSSR count). The summed E-state index contributed by atoms with van der Waals surface area (Å²) in [6, 6.07) is 2.29. The fraction of sp³-hybridized carbons (Fsp3) is 0.786.